The van der Waals surface area contributed by atoms with Crippen molar-refractivity contribution in [1.29, 1.82) is 0 Å². The average Bonchev–Trinajstić information content (AvgIpc) is 3.54. The maximum Gasteiger partial charge on any atom is 0.222 e. The van der Waals surface area contributed by atoms with E-state index in [9.17, 15) is 4.39 Å². The smallest absolute Gasteiger partial charge is 0.222 e. The molecule has 0 saturated heterocycles. The Morgan fingerprint density at radius 1 is 1.15 bits per heavy atom. The number of rotatable bonds is 7. The molecule has 1 aromatic carbocycles. The maximum absolute atomic E-state index is 14.4. The molecule has 0 unspecified atom stereocenters. The van der Waals surface area contributed by atoms with E-state index in [1.807, 2.05) is 30.3 Å². The molecule has 0 spiro atoms. The number of pyridine rings is 1. The first-order chi connectivity index (χ1) is 16.1. The highest BCUT2D eigenvalue weighted by atomic mass is 19.1. The highest BCUT2D eigenvalue weighted by Gasteiger charge is 2.42. The Hall–Kier alpha value is -3.75. The molecule has 0 radical (unpaired) electrons. The van der Waals surface area contributed by atoms with Crippen LogP contribution in [0.3, 0.4) is 0 Å². The summed E-state index contributed by atoms with van der Waals surface area (Å²) in [6, 6.07) is 12.9. The summed E-state index contributed by atoms with van der Waals surface area (Å²) in [6.07, 6.45) is 6.74. The second-order valence-corrected chi connectivity index (χ2v) is 8.50. The van der Waals surface area contributed by atoms with E-state index in [2.05, 4.69) is 25.7 Å². The number of anilines is 2. The molecule has 8 nitrogen and oxygen atoms in total. The fourth-order valence-electron chi connectivity index (χ4n) is 4.48. The zero-order valence-corrected chi connectivity index (χ0v) is 18.3. The molecule has 1 aliphatic rings. The molecule has 9 heteroatoms. The van der Waals surface area contributed by atoms with Gasteiger partial charge in [0.05, 0.1) is 11.5 Å². The number of nitrogens with zero attached hydrogens (tertiary/aromatic N) is 4. The van der Waals surface area contributed by atoms with Gasteiger partial charge in [-0.2, -0.15) is 5.10 Å². The van der Waals surface area contributed by atoms with Crippen LogP contribution in [-0.2, 0) is 11.8 Å². The van der Waals surface area contributed by atoms with Crippen molar-refractivity contribution >= 4 is 11.6 Å². The Morgan fingerprint density at radius 3 is 2.76 bits per heavy atom. The molecule has 0 bridgehead atoms. The molecule has 1 aliphatic carbocycles. The number of hydrogen-bond donors (Lipinski definition) is 2. The van der Waals surface area contributed by atoms with Crippen molar-refractivity contribution in [3.8, 4) is 5.75 Å². The number of aryl methyl sites for hydroxylation is 1. The maximum atomic E-state index is 14.4. The van der Waals surface area contributed by atoms with Crippen LogP contribution in [0.5, 0.6) is 5.75 Å². The summed E-state index contributed by atoms with van der Waals surface area (Å²) >= 11 is 0. The summed E-state index contributed by atoms with van der Waals surface area (Å²) in [7, 11) is 0. The van der Waals surface area contributed by atoms with Crippen LogP contribution in [0.15, 0.2) is 59.5 Å². The van der Waals surface area contributed by atoms with Gasteiger partial charge in [0.25, 0.3) is 0 Å². The summed E-state index contributed by atoms with van der Waals surface area (Å²) in [4.78, 5) is 4.77. The van der Waals surface area contributed by atoms with Crippen molar-refractivity contribution in [2.75, 3.05) is 5.32 Å². The van der Waals surface area contributed by atoms with E-state index in [0.29, 0.717) is 35.3 Å². The lowest BCUT2D eigenvalue weighted by Gasteiger charge is -2.37. The van der Waals surface area contributed by atoms with Gasteiger partial charge >= 0.3 is 0 Å². The third-order valence-electron chi connectivity index (χ3n) is 6.24. The van der Waals surface area contributed by atoms with Crippen LogP contribution in [0.1, 0.15) is 42.8 Å². The zero-order valence-electron chi connectivity index (χ0n) is 18.3. The molecule has 4 aromatic rings. The molecule has 0 aliphatic heterocycles. The Morgan fingerprint density at radius 2 is 2.00 bits per heavy atom. The van der Waals surface area contributed by atoms with E-state index in [-0.39, 0.29) is 17.3 Å². The van der Waals surface area contributed by atoms with Crippen LogP contribution in [-0.4, -0.2) is 31.5 Å². The monoisotopic (exact) mass is 448 g/mol. The largest absolute Gasteiger partial charge is 0.487 e. The lowest BCUT2D eigenvalue weighted by Crippen LogP contribution is -2.38. The molecule has 2 N–H and O–H groups in total. The summed E-state index contributed by atoms with van der Waals surface area (Å²) in [6.45, 7) is 1.74. The van der Waals surface area contributed by atoms with Gasteiger partial charge in [0.15, 0.2) is 17.4 Å². The van der Waals surface area contributed by atoms with Crippen molar-refractivity contribution in [1.82, 2.24) is 25.4 Å². The van der Waals surface area contributed by atoms with Crippen LogP contribution in [0, 0.1) is 12.7 Å². The molecule has 1 fully saturated rings. The first-order valence-corrected chi connectivity index (χ1v) is 11.0. The molecule has 170 valence electrons. The van der Waals surface area contributed by atoms with Gasteiger partial charge < -0.3 is 14.5 Å². The fourth-order valence-corrected chi connectivity index (χ4v) is 4.48. The van der Waals surface area contributed by atoms with Crippen LogP contribution in [0.4, 0.5) is 16.0 Å². The van der Waals surface area contributed by atoms with Crippen molar-refractivity contribution in [3.05, 3.63) is 78.0 Å². The van der Waals surface area contributed by atoms with Gasteiger partial charge in [0, 0.05) is 24.4 Å². The van der Waals surface area contributed by atoms with Gasteiger partial charge in [-0.1, -0.05) is 18.2 Å². The molecular weight excluding hydrogens is 423 g/mol. The topological polar surface area (TPSA) is 102 Å². The van der Waals surface area contributed by atoms with Crippen LogP contribution in [0.2, 0.25) is 0 Å². The number of ether oxygens (including phenoxy) is 1. The van der Waals surface area contributed by atoms with Crippen LogP contribution >= 0.6 is 0 Å². The Balaban J connectivity index is 1.32. The van der Waals surface area contributed by atoms with Gasteiger partial charge in [-0.25, -0.2) is 9.37 Å². The van der Waals surface area contributed by atoms with Crippen molar-refractivity contribution < 1.29 is 13.5 Å². The van der Waals surface area contributed by atoms with Gasteiger partial charge in [0.1, 0.15) is 5.82 Å². The highest BCUT2D eigenvalue weighted by molar-refractivity contribution is 5.50. The van der Waals surface area contributed by atoms with Crippen LogP contribution < -0.4 is 10.1 Å². The van der Waals surface area contributed by atoms with E-state index in [1.165, 1.54) is 6.39 Å². The molecule has 0 amide bonds. The zero-order chi connectivity index (χ0) is 22.7. The molecule has 0 atom stereocenters. The van der Waals surface area contributed by atoms with Gasteiger partial charge in [-0.15, -0.1) is 10.2 Å². The highest BCUT2D eigenvalue weighted by Crippen LogP contribution is 2.42. The van der Waals surface area contributed by atoms with E-state index in [0.717, 1.165) is 31.4 Å². The molecular formula is C24H25FN6O2. The van der Waals surface area contributed by atoms with E-state index in [1.54, 1.807) is 25.3 Å². The predicted molar refractivity (Wildman–Crippen MR) is 120 cm³/mol. The number of aromatic amines is 1. The predicted octanol–water partition coefficient (Wildman–Crippen LogP) is 4.88. The third-order valence-corrected chi connectivity index (χ3v) is 6.24. The van der Waals surface area contributed by atoms with Crippen LogP contribution in [0.25, 0.3) is 0 Å². The molecule has 1 saturated carbocycles. The van der Waals surface area contributed by atoms with Crippen molar-refractivity contribution in [2.24, 2.45) is 0 Å². The number of aromatic nitrogens is 5. The van der Waals surface area contributed by atoms with Crippen molar-refractivity contribution in [3.63, 3.8) is 0 Å². The lowest BCUT2D eigenvalue weighted by molar-refractivity contribution is 0.0994. The third kappa shape index (κ3) is 4.57. The summed E-state index contributed by atoms with van der Waals surface area (Å²) in [5, 5.41) is 18.3. The van der Waals surface area contributed by atoms with Gasteiger partial charge in [-0.05, 0) is 56.4 Å². The number of nitrogens with one attached hydrogen (secondary N) is 2. The van der Waals surface area contributed by atoms with Crippen molar-refractivity contribution in [2.45, 2.75) is 50.5 Å². The first-order valence-electron chi connectivity index (χ1n) is 11.0. The molecule has 5 rings (SSSR count). The van der Waals surface area contributed by atoms with E-state index >= 15 is 0 Å². The fraction of sp³-hybridized carbons (Fsp3) is 0.333. The Kier molecular flexibility index (Phi) is 5.77. The summed E-state index contributed by atoms with van der Waals surface area (Å²) in [5.74, 6) is 2.04. The normalized spacial score (nSPS) is 20.5. The Bertz CT molecular complexity index is 1190. The molecule has 3 aromatic heterocycles. The second-order valence-electron chi connectivity index (χ2n) is 8.50. The number of benzene rings is 1. The van der Waals surface area contributed by atoms with E-state index in [4.69, 9.17) is 14.1 Å². The number of H-pyrrole nitrogens is 1. The minimum atomic E-state index is -0.348. The minimum Gasteiger partial charge on any atom is -0.487 e. The molecule has 3 heterocycles. The van der Waals surface area contributed by atoms with Gasteiger partial charge in [0.2, 0.25) is 12.3 Å². The standard InChI is InChI=1S/C24H25FN6O2/c1-16-4-2-6-19(22(16)25)33-18-8-11-24(12-9-18,23-31-27-15-32-23)14-17-5-3-7-20(28-17)29-21-10-13-26-30-21/h2-7,10,13,15,18H,8-9,11-12,14H2,1H3,(H2,26,28,29,30)/t18-,24-. The lowest BCUT2D eigenvalue weighted by atomic mass is 9.70. The first kappa shape index (κ1) is 21.1. The van der Waals surface area contributed by atoms with Gasteiger partial charge in [-0.3, -0.25) is 5.10 Å². The average molecular weight is 449 g/mol. The Labute approximate surface area is 190 Å². The molecule has 33 heavy (non-hydrogen) atoms. The quantitative estimate of drug-likeness (QED) is 0.415. The van der Waals surface area contributed by atoms with E-state index < -0.39 is 0 Å². The summed E-state index contributed by atoms with van der Waals surface area (Å²) < 4.78 is 26.1. The number of halogens is 1. The second kappa shape index (κ2) is 9.01. The number of hydrogen-bond acceptors (Lipinski definition) is 7. The summed E-state index contributed by atoms with van der Waals surface area (Å²) in [5.41, 5.74) is 1.15. The SMILES string of the molecule is Cc1cccc(O[C@H]2CC[C@](Cc3cccc(Nc4cc[nH]n4)n3)(c3nnco3)CC2)c1F. The minimum absolute atomic E-state index is 0.0713.